The number of sulfonamides is 1. The molecule has 1 aliphatic heterocycles. The fourth-order valence-electron chi connectivity index (χ4n) is 2.15. The molecular weight excluding hydrogens is 349 g/mol. The summed E-state index contributed by atoms with van der Waals surface area (Å²) in [5.74, 6) is -0.190. The van der Waals surface area contributed by atoms with Crippen LogP contribution in [0, 0.1) is 0 Å². The number of hydrogen-bond acceptors (Lipinski definition) is 5. The van der Waals surface area contributed by atoms with Gasteiger partial charge in [-0.2, -0.15) is 17.5 Å². The van der Waals surface area contributed by atoms with Crippen molar-refractivity contribution in [2.45, 2.75) is 17.3 Å². The smallest absolute Gasteiger partial charge is 0.416 e. The van der Waals surface area contributed by atoms with Crippen molar-refractivity contribution in [3.63, 3.8) is 0 Å². The minimum atomic E-state index is -4.49. The number of nitrogens with zero attached hydrogens (tertiary/aromatic N) is 4. The van der Waals surface area contributed by atoms with Crippen LogP contribution < -0.4 is 4.74 Å². The van der Waals surface area contributed by atoms with E-state index in [0.717, 1.165) is 22.6 Å². The molecule has 0 amide bonds. The largest absolute Gasteiger partial charge is 0.472 e. The van der Waals surface area contributed by atoms with Crippen molar-refractivity contribution < 1.29 is 26.3 Å². The topological polar surface area (TPSA) is 77.3 Å². The average molecular weight is 362 g/mol. The molecule has 11 heteroatoms. The Labute approximate surface area is 135 Å². The lowest BCUT2D eigenvalue weighted by molar-refractivity contribution is -0.137. The van der Waals surface area contributed by atoms with Crippen molar-refractivity contribution >= 4 is 10.0 Å². The van der Waals surface area contributed by atoms with Gasteiger partial charge in [-0.15, -0.1) is 0 Å². The Hall–Kier alpha value is -2.14. The Bertz CT molecular complexity index is 844. The molecule has 1 saturated heterocycles. The Morgan fingerprint density at radius 2 is 2.00 bits per heavy atom. The first-order chi connectivity index (χ1) is 11.2. The number of ether oxygens (including phenoxy) is 1. The molecule has 0 radical (unpaired) electrons. The van der Waals surface area contributed by atoms with Gasteiger partial charge in [0, 0.05) is 25.5 Å². The van der Waals surface area contributed by atoms with E-state index in [9.17, 15) is 21.6 Å². The second-order valence-corrected chi connectivity index (χ2v) is 7.20. The number of pyridine rings is 1. The van der Waals surface area contributed by atoms with Gasteiger partial charge in [-0.3, -0.25) is 0 Å². The third-order valence-corrected chi connectivity index (χ3v) is 5.17. The van der Waals surface area contributed by atoms with E-state index >= 15 is 0 Å². The van der Waals surface area contributed by atoms with Gasteiger partial charge in [-0.25, -0.2) is 18.4 Å². The summed E-state index contributed by atoms with van der Waals surface area (Å²) in [6.45, 7) is 0.0493. The Morgan fingerprint density at radius 1 is 1.29 bits per heavy atom. The Kier molecular flexibility index (Phi) is 4.00. The van der Waals surface area contributed by atoms with Crippen LogP contribution in [0.3, 0.4) is 0 Å². The zero-order valence-corrected chi connectivity index (χ0v) is 13.3. The van der Waals surface area contributed by atoms with Gasteiger partial charge in [-0.1, -0.05) is 0 Å². The molecule has 3 rings (SSSR count). The van der Waals surface area contributed by atoms with Crippen molar-refractivity contribution in [2.75, 3.05) is 13.1 Å². The van der Waals surface area contributed by atoms with Crippen molar-refractivity contribution in [3.8, 4) is 5.88 Å². The lowest BCUT2D eigenvalue weighted by atomic mass is 10.2. The van der Waals surface area contributed by atoms with E-state index in [0.29, 0.717) is 0 Å². The van der Waals surface area contributed by atoms with Gasteiger partial charge in [-0.05, 0) is 6.07 Å². The second-order valence-electron chi connectivity index (χ2n) is 5.32. The van der Waals surface area contributed by atoms with Gasteiger partial charge in [0.1, 0.15) is 6.10 Å². The second kappa shape index (κ2) is 5.74. The lowest BCUT2D eigenvalue weighted by Gasteiger charge is -2.36. The third kappa shape index (κ3) is 3.22. The molecule has 0 spiro atoms. The molecule has 3 heterocycles. The highest BCUT2D eigenvalue weighted by atomic mass is 32.2. The fraction of sp³-hybridized carbons (Fsp3) is 0.385. The minimum Gasteiger partial charge on any atom is -0.472 e. The molecule has 130 valence electrons. The zero-order valence-electron chi connectivity index (χ0n) is 12.4. The molecule has 0 unspecified atom stereocenters. The normalized spacial score (nSPS) is 16.8. The highest BCUT2D eigenvalue weighted by Gasteiger charge is 2.39. The summed E-state index contributed by atoms with van der Waals surface area (Å²) in [7, 11) is -2.07. The van der Waals surface area contributed by atoms with Crippen LogP contribution >= 0.6 is 0 Å². The van der Waals surface area contributed by atoms with Crippen molar-refractivity contribution in [1.29, 1.82) is 0 Å². The standard InChI is InChI=1S/C13H13F3N4O3S/c1-19-7-12(18-8-19)24(21,22)20-5-10(6-20)23-11-4-9(2-3-17-11)13(14,15)16/h2-4,7-8,10H,5-6H2,1H3. The molecule has 2 aromatic heterocycles. The zero-order chi connectivity index (χ0) is 17.5. The number of aromatic nitrogens is 3. The van der Waals surface area contributed by atoms with E-state index < -0.39 is 27.9 Å². The number of alkyl halides is 3. The number of imidazole rings is 1. The number of rotatable bonds is 4. The lowest BCUT2D eigenvalue weighted by Crippen LogP contribution is -2.56. The average Bonchev–Trinajstić information content (AvgIpc) is 2.89. The van der Waals surface area contributed by atoms with E-state index in [1.807, 2.05) is 0 Å². The maximum absolute atomic E-state index is 12.6. The van der Waals surface area contributed by atoms with Crippen LogP contribution in [0.4, 0.5) is 13.2 Å². The summed E-state index contributed by atoms with van der Waals surface area (Å²) < 4.78 is 70.3. The molecule has 2 aromatic rings. The monoisotopic (exact) mass is 362 g/mol. The number of aryl methyl sites for hydroxylation is 1. The molecular formula is C13H13F3N4O3S. The van der Waals surface area contributed by atoms with Gasteiger partial charge in [0.25, 0.3) is 10.0 Å². The molecule has 24 heavy (non-hydrogen) atoms. The molecule has 0 aliphatic carbocycles. The molecule has 1 aliphatic rings. The molecule has 0 saturated carbocycles. The van der Waals surface area contributed by atoms with Crippen LogP contribution in [0.15, 0.2) is 35.9 Å². The van der Waals surface area contributed by atoms with Gasteiger partial charge >= 0.3 is 6.18 Å². The summed E-state index contributed by atoms with van der Waals surface area (Å²) in [5, 5.41) is -0.0827. The van der Waals surface area contributed by atoms with E-state index in [1.54, 1.807) is 7.05 Å². The summed E-state index contributed by atoms with van der Waals surface area (Å²) >= 11 is 0. The van der Waals surface area contributed by atoms with Crippen LogP contribution in [0.5, 0.6) is 5.88 Å². The van der Waals surface area contributed by atoms with Gasteiger partial charge in [0.2, 0.25) is 5.88 Å². The van der Waals surface area contributed by atoms with Crippen LogP contribution in [0.1, 0.15) is 5.56 Å². The first kappa shape index (κ1) is 16.7. The Morgan fingerprint density at radius 3 is 2.58 bits per heavy atom. The van der Waals surface area contributed by atoms with Gasteiger partial charge in [0.15, 0.2) is 5.03 Å². The van der Waals surface area contributed by atoms with Crippen LogP contribution in [-0.4, -0.2) is 46.5 Å². The predicted molar refractivity (Wildman–Crippen MR) is 75.6 cm³/mol. The van der Waals surface area contributed by atoms with Crippen LogP contribution in [0.25, 0.3) is 0 Å². The van der Waals surface area contributed by atoms with E-state index in [4.69, 9.17) is 4.74 Å². The summed E-state index contributed by atoms with van der Waals surface area (Å²) in [5.41, 5.74) is -0.871. The number of hydrogen-bond donors (Lipinski definition) is 0. The highest BCUT2D eigenvalue weighted by molar-refractivity contribution is 7.89. The maximum atomic E-state index is 12.6. The van der Waals surface area contributed by atoms with E-state index in [2.05, 4.69) is 9.97 Å². The number of halogens is 3. The van der Waals surface area contributed by atoms with Crippen molar-refractivity contribution in [2.24, 2.45) is 7.05 Å². The molecule has 0 N–H and O–H groups in total. The van der Waals surface area contributed by atoms with E-state index in [-0.39, 0.29) is 24.0 Å². The Balaban J connectivity index is 1.64. The SMILES string of the molecule is Cn1cnc(S(=O)(=O)N2CC(Oc3cc(C(F)(F)F)ccn3)C2)c1. The van der Waals surface area contributed by atoms with E-state index in [1.165, 1.54) is 17.1 Å². The van der Waals surface area contributed by atoms with Crippen molar-refractivity contribution in [1.82, 2.24) is 18.8 Å². The highest BCUT2D eigenvalue weighted by Crippen LogP contribution is 2.31. The van der Waals surface area contributed by atoms with Crippen LogP contribution in [0.2, 0.25) is 0 Å². The van der Waals surface area contributed by atoms with Crippen molar-refractivity contribution in [3.05, 3.63) is 36.4 Å². The van der Waals surface area contributed by atoms with Crippen LogP contribution in [-0.2, 0) is 23.2 Å². The van der Waals surface area contributed by atoms with Gasteiger partial charge < -0.3 is 9.30 Å². The fourth-order valence-corrected chi connectivity index (χ4v) is 3.62. The summed E-state index contributed by atoms with van der Waals surface area (Å²) in [6, 6.07) is 1.63. The molecule has 7 nitrogen and oxygen atoms in total. The molecule has 0 atom stereocenters. The third-order valence-electron chi connectivity index (χ3n) is 3.45. The molecule has 0 aromatic carbocycles. The predicted octanol–water partition coefficient (Wildman–Crippen LogP) is 1.29. The summed E-state index contributed by atoms with van der Waals surface area (Å²) in [6.07, 6.45) is -1.31. The minimum absolute atomic E-state index is 0.0246. The molecule has 1 fully saturated rings. The first-order valence-electron chi connectivity index (χ1n) is 6.84. The first-order valence-corrected chi connectivity index (χ1v) is 8.28. The maximum Gasteiger partial charge on any atom is 0.416 e. The summed E-state index contributed by atoms with van der Waals surface area (Å²) in [4.78, 5) is 7.51. The quantitative estimate of drug-likeness (QED) is 0.819. The molecule has 0 bridgehead atoms. The van der Waals surface area contributed by atoms with Gasteiger partial charge in [0.05, 0.1) is 25.0 Å².